The van der Waals surface area contributed by atoms with Crippen molar-refractivity contribution in [2.45, 2.75) is 51.9 Å². The van der Waals surface area contributed by atoms with Gasteiger partial charge in [-0.15, -0.1) is 0 Å². The summed E-state index contributed by atoms with van der Waals surface area (Å²) in [5.74, 6) is 4.57. The molecule has 4 nitrogen and oxygen atoms in total. The fraction of sp³-hybridized carbons (Fsp3) is 0.261. The lowest BCUT2D eigenvalue weighted by Gasteiger charge is -2.55. The molecule has 2 fully saturated rings. The highest BCUT2D eigenvalue weighted by atomic mass is 15.0. The van der Waals surface area contributed by atoms with Gasteiger partial charge in [0.1, 0.15) is 0 Å². The van der Waals surface area contributed by atoms with E-state index in [1.807, 2.05) is 30.3 Å². The Labute approximate surface area is 294 Å². The first-order valence-corrected chi connectivity index (χ1v) is 18.1. The van der Waals surface area contributed by atoms with E-state index in [0.29, 0.717) is 40.8 Å². The van der Waals surface area contributed by atoms with Crippen LogP contribution >= 0.6 is 0 Å². The summed E-state index contributed by atoms with van der Waals surface area (Å²) in [5.41, 5.74) is 12.6. The van der Waals surface area contributed by atoms with Crippen molar-refractivity contribution in [2.24, 2.45) is 23.7 Å². The molecule has 3 aliphatic carbocycles. The minimum Gasteiger partial charge on any atom is -0.208 e. The molecule has 2 bridgehead atoms. The highest BCUT2D eigenvalue weighted by molar-refractivity contribution is 5.91. The van der Waals surface area contributed by atoms with Crippen LogP contribution < -0.4 is 0 Å². The van der Waals surface area contributed by atoms with Crippen LogP contribution in [0.4, 0.5) is 0 Å². The zero-order chi connectivity index (χ0) is 34.0. The maximum atomic E-state index is 9.85. The van der Waals surface area contributed by atoms with E-state index in [0.717, 1.165) is 28.2 Å². The monoisotopic (exact) mass is 648 g/mol. The zero-order valence-electron chi connectivity index (χ0n) is 28.9. The molecule has 2 saturated carbocycles. The highest BCUT2D eigenvalue weighted by Crippen LogP contribution is 2.66. The lowest BCUT2D eigenvalue weighted by molar-refractivity contribution is 0.0429. The molecule has 244 valence electrons. The van der Waals surface area contributed by atoms with Crippen molar-refractivity contribution in [3.05, 3.63) is 138 Å². The van der Waals surface area contributed by atoms with E-state index in [1.165, 1.54) is 59.1 Å². The molecule has 9 rings (SSSR count). The predicted molar refractivity (Wildman–Crippen MR) is 201 cm³/mol. The first-order valence-electron chi connectivity index (χ1n) is 18.1. The average molecular weight is 649 g/mol. The van der Waals surface area contributed by atoms with Crippen LogP contribution in [0.15, 0.2) is 115 Å². The van der Waals surface area contributed by atoms with E-state index in [2.05, 4.69) is 112 Å². The summed E-state index contributed by atoms with van der Waals surface area (Å²) in [4.78, 5) is 15.2. The molecule has 0 saturated heterocycles. The molecule has 5 unspecified atom stereocenters. The molecular formula is C46H40N4. The quantitative estimate of drug-likeness (QED) is 0.191. The van der Waals surface area contributed by atoms with Gasteiger partial charge < -0.3 is 0 Å². The van der Waals surface area contributed by atoms with E-state index in [9.17, 15) is 5.26 Å². The SMILES string of the molecule is Cc1cccc(-c2nc(-c3ccccc3)nc(-c3ccc4c(c3)-c3cccc(-c5cccc(C#N)c5)c3C43C(C)CC4CC(C)CC3C4)n2)c1. The number of benzene rings is 5. The van der Waals surface area contributed by atoms with Gasteiger partial charge in [0, 0.05) is 22.1 Å². The Hall–Kier alpha value is -5.40. The van der Waals surface area contributed by atoms with E-state index in [-0.39, 0.29) is 5.41 Å². The van der Waals surface area contributed by atoms with Crippen LogP contribution in [0.25, 0.3) is 56.4 Å². The molecule has 0 radical (unpaired) electrons. The van der Waals surface area contributed by atoms with Crippen LogP contribution in [0.1, 0.15) is 61.8 Å². The fourth-order valence-corrected chi connectivity index (χ4v) is 10.1. The van der Waals surface area contributed by atoms with E-state index >= 15 is 0 Å². The number of nitrogens with zero attached hydrogens (tertiary/aromatic N) is 4. The standard InChI is InChI=1S/C46H40N4/c1-28-10-7-15-35(21-28)44-48-43(33-12-5-4-6-13-33)49-45(50-44)36-18-19-41-40(26-36)39-17-9-16-38(34-14-8-11-31(24-34)27-47)42(39)46(41)30(3)23-32-20-29(2)22-37(46)25-32/h4-19,21,24,26,29-30,32,37H,20,22-23,25H2,1-3H3. The smallest absolute Gasteiger partial charge is 0.164 e. The molecule has 50 heavy (non-hydrogen) atoms. The summed E-state index contributed by atoms with van der Waals surface area (Å²) in [5, 5.41) is 9.85. The van der Waals surface area contributed by atoms with Crippen LogP contribution in [0.3, 0.4) is 0 Å². The molecular weight excluding hydrogens is 609 g/mol. The van der Waals surface area contributed by atoms with Crippen molar-refractivity contribution in [1.29, 1.82) is 5.26 Å². The third-order valence-corrected chi connectivity index (χ3v) is 11.9. The van der Waals surface area contributed by atoms with Crippen LogP contribution in [0, 0.1) is 41.9 Å². The lowest BCUT2D eigenvalue weighted by atomic mass is 9.49. The Morgan fingerprint density at radius 2 is 1.28 bits per heavy atom. The van der Waals surface area contributed by atoms with Crippen LogP contribution in [0.5, 0.6) is 0 Å². The minimum atomic E-state index is -0.103. The molecule has 1 aromatic heterocycles. The Morgan fingerprint density at radius 1 is 0.600 bits per heavy atom. The number of fused-ring (bicyclic) bond motifs is 8. The lowest BCUT2D eigenvalue weighted by Crippen LogP contribution is -2.49. The van der Waals surface area contributed by atoms with Crippen molar-refractivity contribution in [2.75, 3.05) is 0 Å². The summed E-state index contributed by atoms with van der Waals surface area (Å²) >= 11 is 0. The Morgan fingerprint density at radius 3 is 2.06 bits per heavy atom. The number of aromatic nitrogens is 3. The first kappa shape index (κ1) is 30.6. The molecule has 5 atom stereocenters. The van der Waals surface area contributed by atoms with Crippen molar-refractivity contribution >= 4 is 0 Å². The van der Waals surface area contributed by atoms with E-state index < -0.39 is 0 Å². The second-order valence-corrected chi connectivity index (χ2v) is 15.1. The molecule has 1 spiro atoms. The zero-order valence-corrected chi connectivity index (χ0v) is 28.9. The summed E-state index contributed by atoms with van der Waals surface area (Å²) in [6, 6.07) is 43.0. The minimum absolute atomic E-state index is 0.103. The Bertz CT molecular complexity index is 2310. The maximum absolute atomic E-state index is 9.85. The molecule has 1 heterocycles. The summed E-state index contributed by atoms with van der Waals surface area (Å²) in [6.07, 6.45) is 5.09. The van der Waals surface area contributed by atoms with Crippen LogP contribution in [-0.4, -0.2) is 15.0 Å². The average Bonchev–Trinajstić information content (AvgIpc) is 3.45. The number of aryl methyl sites for hydroxylation is 1. The number of nitriles is 1. The molecule has 3 aliphatic rings. The summed E-state index contributed by atoms with van der Waals surface area (Å²) in [6.45, 7) is 7.07. The van der Waals surface area contributed by atoms with E-state index in [4.69, 9.17) is 15.0 Å². The van der Waals surface area contributed by atoms with Gasteiger partial charge in [-0.2, -0.15) is 5.26 Å². The summed E-state index contributed by atoms with van der Waals surface area (Å²) in [7, 11) is 0. The van der Waals surface area contributed by atoms with Gasteiger partial charge in [0.2, 0.25) is 0 Å². The van der Waals surface area contributed by atoms with Gasteiger partial charge in [-0.3, -0.25) is 0 Å². The summed E-state index contributed by atoms with van der Waals surface area (Å²) < 4.78 is 0. The number of hydrogen-bond donors (Lipinski definition) is 0. The van der Waals surface area contributed by atoms with Gasteiger partial charge in [-0.05, 0) is 114 Å². The van der Waals surface area contributed by atoms with Crippen molar-refractivity contribution in [1.82, 2.24) is 15.0 Å². The topological polar surface area (TPSA) is 62.5 Å². The molecule has 0 N–H and O–H groups in total. The van der Waals surface area contributed by atoms with Gasteiger partial charge in [0.05, 0.1) is 11.6 Å². The largest absolute Gasteiger partial charge is 0.208 e. The molecule has 4 heteroatoms. The van der Waals surface area contributed by atoms with Gasteiger partial charge in [0.25, 0.3) is 0 Å². The van der Waals surface area contributed by atoms with Crippen LogP contribution in [-0.2, 0) is 5.41 Å². The van der Waals surface area contributed by atoms with Crippen molar-refractivity contribution in [3.8, 4) is 62.5 Å². The molecule has 0 aliphatic heterocycles. The third kappa shape index (κ3) is 4.83. The van der Waals surface area contributed by atoms with Gasteiger partial charge in [-0.1, -0.05) is 110 Å². The van der Waals surface area contributed by atoms with E-state index in [1.54, 1.807) is 0 Å². The van der Waals surface area contributed by atoms with Gasteiger partial charge in [-0.25, -0.2) is 15.0 Å². The van der Waals surface area contributed by atoms with Gasteiger partial charge in [0.15, 0.2) is 17.5 Å². The van der Waals surface area contributed by atoms with Gasteiger partial charge >= 0.3 is 0 Å². The maximum Gasteiger partial charge on any atom is 0.164 e. The predicted octanol–water partition coefficient (Wildman–Crippen LogP) is 11.1. The highest BCUT2D eigenvalue weighted by Gasteiger charge is 2.57. The molecule has 5 aromatic carbocycles. The second-order valence-electron chi connectivity index (χ2n) is 15.1. The van der Waals surface area contributed by atoms with Crippen molar-refractivity contribution in [3.63, 3.8) is 0 Å². The Balaban J connectivity index is 1.28. The molecule has 6 aromatic rings. The number of hydrogen-bond acceptors (Lipinski definition) is 4. The number of rotatable bonds is 4. The second kappa shape index (κ2) is 11.9. The first-order chi connectivity index (χ1) is 24.4. The van der Waals surface area contributed by atoms with Crippen LogP contribution in [0.2, 0.25) is 0 Å². The fourth-order valence-electron chi connectivity index (χ4n) is 10.1. The molecule has 0 amide bonds. The Kier molecular flexibility index (Phi) is 7.28. The normalized spacial score (nSPS) is 23.2. The third-order valence-electron chi connectivity index (χ3n) is 11.9. The van der Waals surface area contributed by atoms with Crippen molar-refractivity contribution < 1.29 is 0 Å².